The topological polar surface area (TPSA) is 83.6 Å². The quantitative estimate of drug-likeness (QED) is 0.820. The zero-order chi connectivity index (χ0) is 16.0. The summed E-state index contributed by atoms with van der Waals surface area (Å²) in [6, 6.07) is 4.97. The first-order valence-electron chi connectivity index (χ1n) is 6.64. The minimum Gasteiger partial charge on any atom is -0.288 e. The molecule has 2 heterocycles. The first kappa shape index (κ1) is 13.9. The van der Waals surface area contributed by atoms with Gasteiger partial charge in [0.25, 0.3) is 23.6 Å². The maximum absolute atomic E-state index is 12.0. The molecule has 0 aliphatic carbocycles. The lowest BCUT2D eigenvalue weighted by atomic mass is 9.96. The Bertz CT molecular complexity index is 799. The zero-order valence-corrected chi connectivity index (χ0v) is 12.0. The van der Waals surface area contributed by atoms with Crippen molar-refractivity contribution in [3.05, 3.63) is 47.1 Å². The van der Waals surface area contributed by atoms with Gasteiger partial charge in [0.15, 0.2) is 0 Å². The number of hydrogen-bond acceptors (Lipinski definition) is 4. The smallest absolute Gasteiger partial charge is 0.259 e. The lowest BCUT2D eigenvalue weighted by Gasteiger charge is -2.19. The summed E-state index contributed by atoms with van der Waals surface area (Å²) in [7, 11) is 0. The van der Waals surface area contributed by atoms with Crippen molar-refractivity contribution in [3.8, 4) is 0 Å². The predicted octanol–water partition coefficient (Wildman–Crippen LogP) is 0.854. The Morgan fingerprint density at radius 2 is 1.55 bits per heavy atom. The number of nitrogens with zero attached hydrogens (tertiary/aromatic N) is 1. The van der Waals surface area contributed by atoms with E-state index in [-0.39, 0.29) is 5.57 Å². The number of amides is 4. The van der Waals surface area contributed by atoms with Crippen LogP contribution < -0.4 is 10.2 Å². The first-order chi connectivity index (χ1) is 10.4. The molecule has 0 spiro atoms. The molecule has 0 fully saturated rings. The molecule has 110 valence electrons. The molecule has 0 saturated heterocycles. The summed E-state index contributed by atoms with van der Waals surface area (Å²) in [5, 5.41) is 2.24. The molecular formula is C16H12N2O4. The number of carbonyl (C=O) groups is 4. The van der Waals surface area contributed by atoms with Gasteiger partial charge in [-0.1, -0.05) is 12.1 Å². The van der Waals surface area contributed by atoms with Crippen LogP contribution in [0.3, 0.4) is 0 Å². The number of rotatable bonds is 2. The fourth-order valence-corrected chi connectivity index (χ4v) is 2.64. The van der Waals surface area contributed by atoms with Gasteiger partial charge in [-0.25, -0.2) is 4.90 Å². The van der Waals surface area contributed by atoms with Crippen LogP contribution in [0.25, 0.3) is 5.57 Å². The molecule has 0 bridgehead atoms. The van der Waals surface area contributed by atoms with Gasteiger partial charge in [-0.05, 0) is 31.0 Å². The zero-order valence-electron chi connectivity index (χ0n) is 12.0. The Morgan fingerprint density at radius 1 is 0.909 bits per heavy atom. The number of carbonyl (C=O) groups excluding carboxylic acids is 4. The second kappa shape index (κ2) is 4.77. The third kappa shape index (κ3) is 1.88. The van der Waals surface area contributed by atoms with Gasteiger partial charge in [-0.3, -0.25) is 24.5 Å². The summed E-state index contributed by atoms with van der Waals surface area (Å²) in [4.78, 5) is 48.3. The molecule has 0 radical (unpaired) electrons. The summed E-state index contributed by atoms with van der Waals surface area (Å²) < 4.78 is 0. The summed E-state index contributed by atoms with van der Waals surface area (Å²) >= 11 is 0. The number of benzene rings is 1. The number of nitrogens with one attached hydrogen (secondary N) is 1. The van der Waals surface area contributed by atoms with Crippen LogP contribution in [0.5, 0.6) is 0 Å². The van der Waals surface area contributed by atoms with Crippen LogP contribution >= 0.6 is 0 Å². The van der Waals surface area contributed by atoms with E-state index >= 15 is 0 Å². The summed E-state index contributed by atoms with van der Waals surface area (Å²) in [6.45, 7) is 3.27. The minimum absolute atomic E-state index is 0.274. The fourth-order valence-electron chi connectivity index (χ4n) is 2.64. The normalized spacial score (nSPS) is 17.8. The van der Waals surface area contributed by atoms with Crippen molar-refractivity contribution in [2.45, 2.75) is 13.8 Å². The third-order valence-electron chi connectivity index (χ3n) is 3.79. The Balaban J connectivity index is 2.16. The second-order valence-corrected chi connectivity index (χ2v) is 5.08. The van der Waals surface area contributed by atoms with Gasteiger partial charge < -0.3 is 0 Å². The molecule has 22 heavy (non-hydrogen) atoms. The van der Waals surface area contributed by atoms with E-state index in [0.717, 1.165) is 4.90 Å². The van der Waals surface area contributed by atoms with Crippen LogP contribution in [0.15, 0.2) is 35.9 Å². The van der Waals surface area contributed by atoms with Gasteiger partial charge in [-0.2, -0.15) is 0 Å². The van der Waals surface area contributed by atoms with Crippen molar-refractivity contribution in [2.24, 2.45) is 0 Å². The Kier molecular flexibility index (Phi) is 3.02. The van der Waals surface area contributed by atoms with Crippen LogP contribution in [0.4, 0.5) is 5.69 Å². The van der Waals surface area contributed by atoms with Crippen LogP contribution in [0, 0.1) is 6.92 Å². The van der Waals surface area contributed by atoms with Crippen molar-refractivity contribution >= 4 is 34.9 Å². The predicted molar refractivity (Wildman–Crippen MR) is 78.6 cm³/mol. The van der Waals surface area contributed by atoms with E-state index in [1.807, 2.05) is 0 Å². The molecule has 3 rings (SSSR count). The van der Waals surface area contributed by atoms with Gasteiger partial charge in [0.05, 0.1) is 11.3 Å². The SMILES string of the molecule is CC1=C(c2cccc(N3C(=O)C=CC3=O)c2C)C(=O)NC1=O. The highest BCUT2D eigenvalue weighted by Crippen LogP contribution is 2.32. The highest BCUT2D eigenvalue weighted by Gasteiger charge is 2.32. The monoisotopic (exact) mass is 296 g/mol. The first-order valence-corrected chi connectivity index (χ1v) is 6.64. The maximum Gasteiger partial charge on any atom is 0.259 e. The second-order valence-electron chi connectivity index (χ2n) is 5.08. The summed E-state index contributed by atoms with van der Waals surface area (Å²) in [6.07, 6.45) is 2.40. The number of imide groups is 2. The van der Waals surface area contributed by atoms with E-state index in [9.17, 15) is 19.2 Å². The standard InChI is InChI=1S/C16H12N2O4/c1-8-10(14-9(2)15(21)17-16(14)22)4-3-5-11(8)18-12(19)6-7-13(18)20/h3-7H,1-2H3,(H,17,21,22). The van der Waals surface area contributed by atoms with Gasteiger partial charge in [0.2, 0.25) is 0 Å². The average Bonchev–Trinajstić information content (AvgIpc) is 2.92. The highest BCUT2D eigenvalue weighted by atomic mass is 16.2. The Labute approximate surface area is 126 Å². The van der Waals surface area contributed by atoms with Crippen molar-refractivity contribution in [3.63, 3.8) is 0 Å². The molecule has 1 aromatic rings. The molecule has 0 unspecified atom stereocenters. The van der Waals surface area contributed by atoms with Gasteiger partial charge in [0.1, 0.15) is 0 Å². The van der Waals surface area contributed by atoms with E-state index in [1.54, 1.807) is 32.0 Å². The van der Waals surface area contributed by atoms with E-state index in [2.05, 4.69) is 5.32 Å². The molecule has 1 N–H and O–H groups in total. The molecule has 4 amide bonds. The molecule has 6 nitrogen and oxygen atoms in total. The Hall–Kier alpha value is -3.02. The van der Waals surface area contributed by atoms with Crippen LogP contribution in [0.2, 0.25) is 0 Å². The third-order valence-corrected chi connectivity index (χ3v) is 3.79. The van der Waals surface area contributed by atoms with Crippen LogP contribution in [-0.2, 0) is 19.2 Å². The highest BCUT2D eigenvalue weighted by molar-refractivity contribution is 6.36. The lowest BCUT2D eigenvalue weighted by Crippen LogP contribution is -2.30. The molecule has 6 heteroatoms. The summed E-state index contributed by atoms with van der Waals surface area (Å²) in [5.41, 5.74) is 2.13. The minimum atomic E-state index is -0.472. The average molecular weight is 296 g/mol. The van der Waals surface area contributed by atoms with Gasteiger partial charge >= 0.3 is 0 Å². The molecular weight excluding hydrogens is 284 g/mol. The molecule has 1 aromatic carbocycles. The maximum atomic E-state index is 12.0. The van der Waals surface area contributed by atoms with Crippen LogP contribution in [0.1, 0.15) is 18.1 Å². The lowest BCUT2D eigenvalue weighted by molar-refractivity contribution is -0.124. The molecule has 2 aliphatic rings. The largest absolute Gasteiger partial charge is 0.288 e. The molecule has 0 atom stereocenters. The van der Waals surface area contributed by atoms with Crippen molar-refractivity contribution < 1.29 is 19.2 Å². The Morgan fingerprint density at radius 3 is 2.09 bits per heavy atom. The van der Waals surface area contributed by atoms with Gasteiger partial charge in [0, 0.05) is 17.7 Å². The van der Waals surface area contributed by atoms with E-state index in [1.165, 1.54) is 12.2 Å². The summed E-state index contributed by atoms with van der Waals surface area (Å²) in [5.74, 6) is -1.76. The van der Waals surface area contributed by atoms with Crippen LogP contribution in [-0.4, -0.2) is 23.6 Å². The van der Waals surface area contributed by atoms with E-state index in [0.29, 0.717) is 22.4 Å². The van der Waals surface area contributed by atoms with Gasteiger partial charge in [-0.15, -0.1) is 0 Å². The van der Waals surface area contributed by atoms with E-state index < -0.39 is 23.6 Å². The van der Waals surface area contributed by atoms with E-state index in [4.69, 9.17) is 0 Å². The molecule has 2 aliphatic heterocycles. The number of anilines is 1. The van der Waals surface area contributed by atoms with Crippen molar-refractivity contribution in [2.75, 3.05) is 4.90 Å². The molecule has 0 saturated carbocycles. The van der Waals surface area contributed by atoms with Crippen molar-refractivity contribution in [1.29, 1.82) is 0 Å². The number of hydrogen-bond donors (Lipinski definition) is 1. The van der Waals surface area contributed by atoms with Crippen molar-refractivity contribution in [1.82, 2.24) is 5.32 Å². The fraction of sp³-hybridized carbons (Fsp3) is 0.125. The molecule has 0 aromatic heterocycles.